The summed E-state index contributed by atoms with van der Waals surface area (Å²) in [5.74, 6) is 0.635. The molecule has 2 aliphatic carbocycles. The fourth-order valence-corrected chi connectivity index (χ4v) is 5.91. The minimum Gasteiger partial charge on any atom is -0.444 e. The average molecular weight is 687 g/mol. The molecule has 0 saturated heterocycles. The molecule has 49 heavy (non-hydrogen) atoms. The summed E-state index contributed by atoms with van der Waals surface area (Å²) in [7, 11) is 2.07. The van der Waals surface area contributed by atoms with E-state index < -0.39 is 29.7 Å². The molecule has 5 rings (SSSR count). The van der Waals surface area contributed by atoms with E-state index in [2.05, 4.69) is 32.3 Å². The van der Waals surface area contributed by atoms with Gasteiger partial charge < -0.3 is 29.8 Å². The number of amides is 2. The molecule has 0 unspecified atom stereocenters. The number of carbonyl (C=O) groups is 2. The lowest BCUT2D eigenvalue weighted by Gasteiger charge is -2.31. The molecular weight excluding hydrogens is 638 g/mol. The van der Waals surface area contributed by atoms with Crippen LogP contribution in [0.2, 0.25) is 0 Å². The summed E-state index contributed by atoms with van der Waals surface area (Å²) in [6, 6.07) is 3.24. The largest absolute Gasteiger partial charge is 0.444 e. The number of hydrogen-bond donors (Lipinski definition) is 2. The highest BCUT2D eigenvalue weighted by Crippen LogP contribution is 2.36. The molecule has 0 bridgehead atoms. The average Bonchev–Trinajstić information content (AvgIpc) is 3.55. The first-order valence-electron chi connectivity index (χ1n) is 17.0. The van der Waals surface area contributed by atoms with Crippen molar-refractivity contribution in [1.29, 1.82) is 0 Å². The Kier molecular flexibility index (Phi) is 12.0. The molecule has 3 aromatic rings. The molecule has 2 amide bonds. The van der Waals surface area contributed by atoms with Crippen molar-refractivity contribution >= 4 is 23.5 Å². The van der Waals surface area contributed by atoms with Crippen molar-refractivity contribution in [3.8, 4) is 11.5 Å². The predicted octanol–water partition coefficient (Wildman–Crippen LogP) is 5.91. The monoisotopic (exact) mass is 686 g/mol. The van der Waals surface area contributed by atoms with E-state index in [1.165, 1.54) is 17.3 Å². The highest BCUT2D eigenvalue weighted by molar-refractivity contribution is 6.03. The minimum atomic E-state index is -2.88. The third kappa shape index (κ3) is 10.3. The number of pyridine rings is 1. The molecule has 0 spiro atoms. The number of aromatic nitrogens is 4. The fraction of sp³-hybridized carbons (Fsp3) is 0.618. The van der Waals surface area contributed by atoms with Gasteiger partial charge in [0.1, 0.15) is 17.7 Å². The van der Waals surface area contributed by atoms with Crippen LogP contribution in [0, 0.1) is 11.8 Å². The summed E-state index contributed by atoms with van der Waals surface area (Å²) >= 11 is 0. The Labute approximate surface area is 285 Å². The van der Waals surface area contributed by atoms with Crippen molar-refractivity contribution in [3.05, 3.63) is 42.2 Å². The van der Waals surface area contributed by atoms with E-state index in [1.807, 2.05) is 0 Å². The molecule has 13 nitrogen and oxygen atoms in total. The van der Waals surface area contributed by atoms with Crippen molar-refractivity contribution in [2.75, 3.05) is 56.7 Å². The lowest BCUT2D eigenvalue weighted by atomic mass is 9.86. The van der Waals surface area contributed by atoms with E-state index in [-0.39, 0.29) is 23.3 Å². The summed E-state index contributed by atoms with van der Waals surface area (Å²) in [6.45, 7) is 9.32. The van der Waals surface area contributed by atoms with Gasteiger partial charge in [-0.05, 0) is 90.3 Å². The third-order valence-corrected chi connectivity index (χ3v) is 8.61. The standard InChI is InChI=1S/C34H48F2N8O5/c1-34(2,3)49-33(46)43(19-23-5-6-23)28-17-24(11-13-38-28)32-40-27(21-48-32)31(45)39-26-20-44(41-29(26)30(35)36)25-9-7-22(8-10-25)18-42(4)14-16-47-15-12-37/h11,13,17,20-23,25,30H,5-10,12,14-16,18-19,37H2,1-4H3,(H,39,45). The Bertz CT molecular complexity index is 1550. The Morgan fingerprint density at radius 2 is 1.84 bits per heavy atom. The molecule has 3 heterocycles. The van der Waals surface area contributed by atoms with Gasteiger partial charge in [0.05, 0.1) is 24.9 Å². The number of nitrogens with two attached hydrogens (primary N) is 1. The fourth-order valence-electron chi connectivity index (χ4n) is 5.91. The molecule has 0 radical (unpaired) electrons. The Morgan fingerprint density at radius 1 is 1.12 bits per heavy atom. The first kappa shape index (κ1) is 36.3. The zero-order chi connectivity index (χ0) is 35.1. The van der Waals surface area contributed by atoms with Gasteiger partial charge in [0.25, 0.3) is 12.3 Å². The van der Waals surface area contributed by atoms with Gasteiger partial charge in [0.15, 0.2) is 11.4 Å². The van der Waals surface area contributed by atoms with E-state index in [1.54, 1.807) is 37.6 Å². The molecule has 15 heteroatoms. The second-order valence-electron chi connectivity index (χ2n) is 14.0. The molecule has 2 saturated carbocycles. The molecule has 268 valence electrons. The van der Waals surface area contributed by atoms with E-state index in [0.29, 0.717) is 49.5 Å². The number of likely N-dealkylation sites (N-methyl/N-ethyl adjacent to an activating group) is 1. The van der Waals surface area contributed by atoms with Gasteiger partial charge in [0.2, 0.25) is 5.89 Å². The van der Waals surface area contributed by atoms with Gasteiger partial charge in [-0.3, -0.25) is 14.4 Å². The second-order valence-corrected chi connectivity index (χ2v) is 14.0. The number of alkyl halides is 2. The van der Waals surface area contributed by atoms with E-state index in [9.17, 15) is 18.4 Å². The van der Waals surface area contributed by atoms with Crippen molar-refractivity contribution in [2.24, 2.45) is 17.6 Å². The maximum Gasteiger partial charge on any atom is 0.416 e. The zero-order valence-corrected chi connectivity index (χ0v) is 28.7. The van der Waals surface area contributed by atoms with Crippen LogP contribution >= 0.6 is 0 Å². The Balaban J connectivity index is 1.22. The van der Waals surface area contributed by atoms with Gasteiger partial charge in [0, 0.05) is 44.1 Å². The van der Waals surface area contributed by atoms with E-state index >= 15 is 0 Å². The normalized spacial score (nSPS) is 18.2. The van der Waals surface area contributed by atoms with Gasteiger partial charge in [-0.1, -0.05) is 0 Å². The van der Waals surface area contributed by atoms with E-state index in [0.717, 1.165) is 57.9 Å². The first-order valence-corrected chi connectivity index (χ1v) is 17.0. The van der Waals surface area contributed by atoms with Crippen LogP contribution in [0.1, 0.15) is 87.9 Å². The highest BCUT2D eigenvalue weighted by Gasteiger charge is 2.32. The third-order valence-electron chi connectivity index (χ3n) is 8.61. The number of nitrogens with zero attached hydrogens (tertiary/aromatic N) is 6. The number of ether oxygens (including phenoxy) is 2. The summed E-state index contributed by atoms with van der Waals surface area (Å²) in [5, 5.41) is 6.74. The summed E-state index contributed by atoms with van der Waals surface area (Å²) in [4.78, 5) is 38.6. The smallest absolute Gasteiger partial charge is 0.416 e. The molecule has 3 aromatic heterocycles. The van der Waals surface area contributed by atoms with Crippen molar-refractivity contribution in [1.82, 2.24) is 24.6 Å². The van der Waals surface area contributed by atoms with Crippen molar-refractivity contribution in [2.45, 2.75) is 77.4 Å². The molecular formula is C34H48F2N8O5. The molecule has 0 aliphatic heterocycles. The lowest BCUT2D eigenvalue weighted by molar-refractivity contribution is 0.0577. The van der Waals surface area contributed by atoms with Crippen LogP contribution < -0.4 is 16.0 Å². The number of nitrogens with one attached hydrogen (secondary N) is 1. The van der Waals surface area contributed by atoms with Crippen LogP contribution in [0.4, 0.5) is 25.1 Å². The van der Waals surface area contributed by atoms with Gasteiger partial charge in [-0.15, -0.1) is 0 Å². The quantitative estimate of drug-likeness (QED) is 0.184. The van der Waals surface area contributed by atoms with Crippen LogP contribution in [0.15, 0.2) is 35.2 Å². The molecule has 0 aromatic carbocycles. The summed E-state index contributed by atoms with van der Waals surface area (Å²) in [6.07, 6.45) is 6.31. The molecule has 3 N–H and O–H groups in total. The van der Waals surface area contributed by atoms with Crippen molar-refractivity contribution < 1.29 is 32.3 Å². The topological polar surface area (TPSA) is 154 Å². The maximum atomic E-state index is 14.0. The maximum absolute atomic E-state index is 14.0. The van der Waals surface area contributed by atoms with Crippen LogP contribution in [0.5, 0.6) is 0 Å². The van der Waals surface area contributed by atoms with Crippen LogP contribution in [0.3, 0.4) is 0 Å². The number of carbonyl (C=O) groups excluding carboxylic acids is 2. The number of hydrogen-bond acceptors (Lipinski definition) is 10. The SMILES string of the molecule is CN(CCOCCN)CC1CCC(n2cc(NC(=O)c3coc(-c4ccnc(N(CC5CC5)C(=O)OC(C)(C)C)c4)n3)c(C(F)F)n2)CC1. The van der Waals surface area contributed by atoms with Gasteiger partial charge in [-0.2, -0.15) is 5.10 Å². The number of halogens is 2. The summed E-state index contributed by atoms with van der Waals surface area (Å²) < 4.78 is 46.3. The predicted molar refractivity (Wildman–Crippen MR) is 180 cm³/mol. The second kappa shape index (κ2) is 16.2. The van der Waals surface area contributed by atoms with E-state index in [4.69, 9.17) is 19.6 Å². The lowest BCUT2D eigenvalue weighted by Crippen LogP contribution is -2.38. The van der Waals surface area contributed by atoms with Crippen molar-refractivity contribution in [3.63, 3.8) is 0 Å². The Hall–Kier alpha value is -3.95. The number of rotatable bonds is 15. The Morgan fingerprint density at radius 3 is 2.51 bits per heavy atom. The van der Waals surface area contributed by atoms with Gasteiger partial charge in [-0.25, -0.2) is 23.5 Å². The van der Waals surface area contributed by atoms with Gasteiger partial charge >= 0.3 is 6.09 Å². The number of oxazole rings is 1. The molecule has 2 aliphatic rings. The zero-order valence-electron chi connectivity index (χ0n) is 28.7. The van der Waals surface area contributed by atoms with Crippen LogP contribution in [0.25, 0.3) is 11.5 Å². The summed E-state index contributed by atoms with van der Waals surface area (Å²) in [5.41, 5.74) is 4.61. The molecule has 2 fully saturated rings. The van der Waals surface area contributed by atoms with Crippen LogP contribution in [-0.4, -0.2) is 88.7 Å². The minimum absolute atomic E-state index is 0.0442. The first-order chi connectivity index (χ1) is 23.4. The van der Waals surface area contributed by atoms with Crippen LogP contribution in [-0.2, 0) is 9.47 Å². The number of anilines is 2. The molecule has 0 atom stereocenters. The highest BCUT2D eigenvalue weighted by atomic mass is 19.3.